The lowest BCUT2D eigenvalue weighted by atomic mass is 10.1. The third-order valence-corrected chi connectivity index (χ3v) is 4.51. The minimum absolute atomic E-state index is 0.168. The Hall–Kier alpha value is -3.80. The summed E-state index contributed by atoms with van der Waals surface area (Å²) < 4.78 is 16.2. The number of carbonyl (C=O) groups excluding carboxylic acids is 2. The largest absolute Gasteiger partial charge is 0.493 e. The first kappa shape index (κ1) is 20.9. The van der Waals surface area contributed by atoms with Crippen LogP contribution in [0.1, 0.15) is 27.6 Å². The van der Waals surface area contributed by atoms with Crippen molar-refractivity contribution in [1.82, 2.24) is 0 Å². The average Bonchev–Trinajstić information content (AvgIpc) is 2.78. The van der Waals surface area contributed by atoms with Gasteiger partial charge in [0.2, 0.25) is 6.10 Å². The second-order valence-corrected chi connectivity index (χ2v) is 6.59. The maximum absolute atomic E-state index is 13.0. The number of ether oxygens (including phenoxy) is 3. The minimum Gasteiger partial charge on any atom is -0.493 e. The molecule has 0 fully saturated rings. The Labute approximate surface area is 175 Å². The molecule has 154 valence electrons. The lowest BCUT2D eigenvalue weighted by molar-refractivity contribution is -0.125. The molecule has 6 heteroatoms. The first-order valence-electron chi connectivity index (χ1n) is 9.38. The van der Waals surface area contributed by atoms with Crippen molar-refractivity contribution < 1.29 is 23.8 Å². The molecule has 0 aliphatic carbocycles. The van der Waals surface area contributed by atoms with Gasteiger partial charge >= 0.3 is 5.97 Å². The number of benzene rings is 3. The summed E-state index contributed by atoms with van der Waals surface area (Å²) in [6.07, 6.45) is -1.14. The molecule has 0 aliphatic rings. The molecule has 3 aromatic rings. The summed E-state index contributed by atoms with van der Waals surface area (Å²) in [6, 6.07) is 21.1. The van der Waals surface area contributed by atoms with Gasteiger partial charge in [0.15, 0.2) is 11.5 Å². The Balaban J connectivity index is 1.89. The molecule has 0 spiro atoms. The van der Waals surface area contributed by atoms with E-state index in [2.05, 4.69) is 5.32 Å². The lowest BCUT2D eigenvalue weighted by Gasteiger charge is -2.19. The van der Waals surface area contributed by atoms with Crippen LogP contribution in [0.2, 0.25) is 0 Å². The van der Waals surface area contributed by atoms with Gasteiger partial charge in [0.05, 0.1) is 14.2 Å². The van der Waals surface area contributed by atoms with E-state index in [4.69, 9.17) is 14.2 Å². The minimum atomic E-state index is -1.14. The molecule has 3 aromatic carbocycles. The van der Waals surface area contributed by atoms with E-state index in [-0.39, 0.29) is 11.3 Å². The van der Waals surface area contributed by atoms with Crippen LogP contribution in [0.3, 0.4) is 0 Å². The summed E-state index contributed by atoms with van der Waals surface area (Å²) in [5.41, 5.74) is 2.41. The quantitative estimate of drug-likeness (QED) is 0.584. The average molecular weight is 405 g/mol. The van der Waals surface area contributed by atoms with Crippen LogP contribution in [0, 0.1) is 6.92 Å². The van der Waals surface area contributed by atoms with Gasteiger partial charge in [-0.25, -0.2) is 4.79 Å². The van der Waals surface area contributed by atoms with Crippen molar-refractivity contribution in [3.05, 3.63) is 89.5 Å². The Morgan fingerprint density at radius 1 is 0.833 bits per heavy atom. The molecule has 30 heavy (non-hydrogen) atoms. The molecule has 0 aliphatic heterocycles. The van der Waals surface area contributed by atoms with E-state index >= 15 is 0 Å². The number of aryl methyl sites for hydroxylation is 1. The van der Waals surface area contributed by atoms with E-state index in [0.717, 1.165) is 5.56 Å². The van der Waals surface area contributed by atoms with Crippen LogP contribution in [-0.4, -0.2) is 26.1 Å². The van der Waals surface area contributed by atoms with Crippen LogP contribution in [0.15, 0.2) is 72.8 Å². The highest BCUT2D eigenvalue weighted by atomic mass is 16.6. The van der Waals surface area contributed by atoms with Crippen molar-refractivity contribution in [2.45, 2.75) is 13.0 Å². The molecule has 0 aromatic heterocycles. The zero-order chi connectivity index (χ0) is 21.5. The number of hydrogen-bond acceptors (Lipinski definition) is 5. The van der Waals surface area contributed by atoms with Crippen LogP contribution in [0.25, 0.3) is 0 Å². The van der Waals surface area contributed by atoms with Crippen molar-refractivity contribution in [3.8, 4) is 11.5 Å². The van der Waals surface area contributed by atoms with E-state index in [1.807, 2.05) is 25.1 Å². The third-order valence-electron chi connectivity index (χ3n) is 4.51. The number of rotatable bonds is 7. The third kappa shape index (κ3) is 4.78. The molecule has 0 bridgehead atoms. The smallest absolute Gasteiger partial charge is 0.343 e. The summed E-state index contributed by atoms with van der Waals surface area (Å²) in [4.78, 5) is 25.9. The molecule has 6 nitrogen and oxygen atoms in total. The lowest BCUT2D eigenvalue weighted by Crippen LogP contribution is -2.26. The number of esters is 1. The molecule has 0 heterocycles. The van der Waals surface area contributed by atoms with Gasteiger partial charge in [0.25, 0.3) is 5.91 Å². The van der Waals surface area contributed by atoms with Crippen LogP contribution in [0.5, 0.6) is 11.5 Å². The number of hydrogen-bond donors (Lipinski definition) is 1. The molecule has 0 radical (unpaired) electrons. The molecule has 1 unspecified atom stereocenters. The van der Waals surface area contributed by atoms with Crippen molar-refractivity contribution in [2.75, 3.05) is 19.5 Å². The first-order chi connectivity index (χ1) is 14.5. The fraction of sp³-hybridized carbons (Fsp3) is 0.167. The first-order valence-corrected chi connectivity index (χ1v) is 9.38. The Morgan fingerprint density at radius 2 is 1.53 bits per heavy atom. The van der Waals surface area contributed by atoms with Crippen LogP contribution in [-0.2, 0) is 9.53 Å². The van der Waals surface area contributed by atoms with Gasteiger partial charge in [-0.05, 0) is 31.2 Å². The number of anilines is 1. The van der Waals surface area contributed by atoms with Crippen molar-refractivity contribution in [3.63, 3.8) is 0 Å². The number of methoxy groups -OCH3 is 2. The van der Waals surface area contributed by atoms with Crippen molar-refractivity contribution in [2.24, 2.45) is 0 Å². The molecular weight excluding hydrogens is 382 g/mol. The summed E-state index contributed by atoms with van der Waals surface area (Å²) >= 11 is 0. The van der Waals surface area contributed by atoms with Gasteiger partial charge in [-0.2, -0.15) is 0 Å². The number of para-hydroxylation sites is 1. The van der Waals surface area contributed by atoms with E-state index in [1.54, 1.807) is 54.6 Å². The highest BCUT2D eigenvalue weighted by Gasteiger charge is 2.28. The molecule has 0 saturated heterocycles. The second kappa shape index (κ2) is 9.60. The second-order valence-electron chi connectivity index (χ2n) is 6.59. The van der Waals surface area contributed by atoms with Crippen LogP contribution >= 0.6 is 0 Å². The van der Waals surface area contributed by atoms with E-state index < -0.39 is 18.0 Å². The van der Waals surface area contributed by atoms with Crippen molar-refractivity contribution in [1.29, 1.82) is 0 Å². The highest BCUT2D eigenvalue weighted by Crippen LogP contribution is 2.32. The topological polar surface area (TPSA) is 73.9 Å². The maximum Gasteiger partial charge on any atom is 0.343 e. The normalized spacial score (nSPS) is 11.3. The SMILES string of the molecule is COc1cccc(C(=O)OC(C(=O)Nc2ccc(C)cc2)c2ccccc2)c1OC. The van der Waals surface area contributed by atoms with Gasteiger partial charge in [-0.3, -0.25) is 4.79 Å². The standard InChI is InChI=1S/C24H23NO5/c1-16-12-14-18(15-13-16)25-23(26)21(17-8-5-4-6-9-17)30-24(27)19-10-7-11-20(28-2)22(19)29-3/h4-15,21H,1-3H3,(H,25,26). The van der Waals surface area contributed by atoms with E-state index in [1.165, 1.54) is 14.2 Å². The summed E-state index contributed by atoms with van der Waals surface area (Å²) in [7, 11) is 2.92. The zero-order valence-electron chi connectivity index (χ0n) is 17.0. The molecule has 3 rings (SSSR count). The van der Waals surface area contributed by atoms with Crippen LogP contribution in [0.4, 0.5) is 5.69 Å². The Bertz CT molecular complexity index is 1020. The fourth-order valence-corrected chi connectivity index (χ4v) is 2.96. The summed E-state index contributed by atoms with van der Waals surface area (Å²) in [6.45, 7) is 1.96. The van der Waals surface area contributed by atoms with Gasteiger partial charge in [-0.1, -0.05) is 54.1 Å². The fourth-order valence-electron chi connectivity index (χ4n) is 2.96. The van der Waals surface area contributed by atoms with Crippen LogP contribution < -0.4 is 14.8 Å². The maximum atomic E-state index is 13.0. The Morgan fingerprint density at radius 3 is 2.17 bits per heavy atom. The number of carbonyl (C=O) groups is 2. The van der Waals surface area contributed by atoms with E-state index in [0.29, 0.717) is 17.0 Å². The van der Waals surface area contributed by atoms with Crippen molar-refractivity contribution >= 4 is 17.6 Å². The van der Waals surface area contributed by atoms with E-state index in [9.17, 15) is 9.59 Å². The molecular formula is C24H23NO5. The van der Waals surface area contributed by atoms with Gasteiger partial charge < -0.3 is 19.5 Å². The zero-order valence-corrected chi connectivity index (χ0v) is 17.0. The molecule has 1 amide bonds. The monoisotopic (exact) mass is 405 g/mol. The summed E-state index contributed by atoms with van der Waals surface area (Å²) in [5, 5.41) is 2.80. The number of nitrogens with one attached hydrogen (secondary N) is 1. The van der Waals surface area contributed by atoms with Gasteiger partial charge in [-0.15, -0.1) is 0 Å². The predicted octanol–water partition coefficient (Wildman–Crippen LogP) is 4.55. The summed E-state index contributed by atoms with van der Waals surface area (Å²) in [5.74, 6) is -0.512. The molecule has 0 saturated carbocycles. The molecule has 1 N–H and O–H groups in total. The van der Waals surface area contributed by atoms with Gasteiger partial charge in [0.1, 0.15) is 5.56 Å². The highest BCUT2D eigenvalue weighted by molar-refractivity contribution is 5.99. The Kier molecular flexibility index (Phi) is 6.70. The number of amides is 1. The predicted molar refractivity (Wildman–Crippen MR) is 114 cm³/mol. The van der Waals surface area contributed by atoms with Gasteiger partial charge in [0, 0.05) is 11.3 Å². The molecule has 1 atom stereocenters.